The van der Waals surface area contributed by atoms with Crippen LogP contribution in [0.4, 0.5) is 18.9 Å². The van der Waals surface area contributed by atoms with Crippen molar-refractivity contribution in [3.63, 3.8) is 0 Å². The zero-order valence-corrected chi connectivity index (χ0v) is 17.5. The number of carbonyl (C=O) groups is 1. The molecule has 1 fully saturated rings. The number of hydrogen-bond donors (Lipinski definition) is 1. The second kappa shape index (κ2) is 9.13. The molecule has 0 bridgehead atoms. The highest BCUT2D eigenvalue weighted by molar-refractivity contribution is 6.05. The molecule has 1 amide bonds. The number of aromatic nitrogens is 2. The summed E-state index contributed by atoms with van der Waals surface area (Å²) in [6.45, 7) is 5.32. The summed E-state index contributed by atoms with van der Waals surface area (Å²) in [4.78, 5) is 15.0. The van der Waals surface area contributed by atoms with Crippen molar-refractivity contribution in [2.75, 3.05) is 31.6 Å². The molecule has 0 atom stereocenters. The Morgan fingerprint density at radius 2 is 1.88 bits per heavy atom. The average molecular weight is 444 g/mol. The summed E-state index contributed by atoms with van der Waals surface area (Å²) >= 11 is 0. The topological polar surface area (TPSA) is 59.4 Å². The first-order valence-corrected chi connectivity index (χ1v) is 10.2. The van der Waals surface area contributed by atoms with Gasteiger partial charge in [0.2, 0.25) is 0 Å². The minimum atomic E-state index is -4.76. The summed E-state index contributed by atoms with van der Waals surface area (Å²) in [5, 5.41) is 6.48. The van der Waals surface area contributed by atoms with Crippen molar-refractivity contribution in [2.24, 2.45) is 0 Å². The van der Waals surface area contributed by atoms with E-state index in [1.165, 1.54) is 6.07 Å². The number of para-hydroxylation sites is 1. The number of benzene rings is 2. The van der Waals surface area contributed by atoms with Gasteiger partial charge in [-0.15, -0.1) is 0 Å². The summed E-state index contributed by atoms with van der Waals surface area (Å²) in [6, 6.07) is 13.7. The SMILES string of the molecule is Cc1ccccc1-n1ncc(C(=O)Nc2cccc(CN3CCOCC3)c2)c1C(F)(F)F. The van der Waals surface area contributed by atoms with E-state index in [9.17, 15) is 18.0 Å². The lowest BCUT2D eigenvalue weighted by molar-refractivity contribution is -0.143. The van der Waals surface area contributed by atoms with Crippen LogP contribution in [-0.2, 0) is 17.5 Å². The molecule has 1 aromatic heterocycles. The highest BCUT2D eigenvalue weighted by atomic mass is 19.4. The smallest absolute Gasteiger partial charge is 0.379 e. The molecule has 32 heavy (non-hydrogen) atoms. The van der Waals surface area contributed by atoms with Crippen molar-refractivity contribution in [3.8, 4) is 5.69 Å². The number of morpholine rings is 1. The molecule has 0 unspecified atom stereocenters. The number of nitrogens with one attached hydrogen (secondary N) is 1. The Labute approximate surface area is 183 Å². The van der Waals surface area contributed by atoms with Crippen molar-refractivity contribution in [1.29, 1.82) is 0 Å². The van der Waals surface area contributed by atoms with Crippen LogP contribution in [0.5, 0.6) is 0 Å². The van der Waals surface area contributed by atoms with Crippen LogP contribution in [0.25, 0.3) is 5.69 Å². The second-order valence-corrected chi connectivity index (χ2v) is 7.65. The van der Waals surface area contributed by atoms with Crippen LogP contribution in [0.15, 0.2) is 54.7 Å². The highest BCUT2D eigenvalue weighted by Gasteiger charge is 2.40. The van der Waals surface area contributed by atoms with E-state index in [-0.39, 0.29) is 5.69 Å². The van der Waals surface area contributed by atoms with E-state index in [0.717, 1.165) is 29.5 Å². The molecule has 1 aliphatic rings. The van der Waals surface area contributed by atoms with Crippen molar-refractivity contribution in [1.82, 2.24) is 14.7 Å². The minimum absolute atomic E-state index is 0.270. The van der Waals surface area contributed by atoms with Crippen LogP contribution in [0.2, 0.25) is 0 Å². The van der Waals surface area contributed by atoms with Crippen LogP contribution in [-0.4, -0.2) is 46.9 Å². The molecule has 0 aliphatic carbocycles. The molecule has 168 valence electrons. The monoisotopic (exact) mass is 444 g/mol. The van der Waals surface area contributed by atoms with Gasteiger partial charge in [0, 0.05) is 25.3 Å². The minimum Gasteiger partial charge on any atom is -0.379 e. The first-order chi connectivity index (χ1) is 15.3. The van der Waals surface area contributed by atoms with Crippen LogP contribution in [0.1, 0.15) is 27.2 Å². The summed E-state index contributed by atoms with van der Waals surface area (Å²) in [5.74, 6) is -0.860. The van der Waals surface area contributed by atoms with Gasteiger partial charge in [-0.25, -0.2) is 4.68 Å². The van der Waals surface area contributed by atoms with E-state index in [1.54, 1.807) is 43.3 Å². The quantitative estimate of drug-likeness (QED) is 0.638. The van der Waals surface area contributed by atoms with Gasteiger partial charge in [0.15, 0.2) is 5.69 Å². The average Bonchev–Trinajstić information content (AvgIpc) is 3.21. The van der Waals surface area contributed by atoms with Crippen LogP contribution in [0, 0.1) is 6.92 Å². The molecule has 2 aromatic carbocycles. The molecular weight excluding hydrogens is 421 g/mol. The van der Waals surface area contributed by atoms with Crippen LogP contribution < -0.4 is 5.32 Å². The van der Waals surface area contributed by atoms with Crippen molar-refractivity contribution in [2.45, 2.75) is 19.6 Å². The maximum absolute atomic E-state index is 13.9. The Morgan fingerprint density at radius 3 is 2.59 bits per heavy atom. The van der Waals surface area contributed by atoms with Crippen LogP contribution in [0.3, 0.4) is 0 Å². The summed E-state index contributed by atoms with van der Waals surface area (Å²) in [5.41, 5.74) is 0.636. The van der Waals surface area contributed by atoms with Crippen LogP contribution >= 0.6 is 0 Å². The first-order valence-electron chi connectivity index (χ1n) is 10.2. The Morgan fingerprint density at radius 1 is 1.12 bits per heavy atom. The second-order valence-electron chi connectivity index (χ2n) is 7.65. The normalized spacial score (nSPS) is 15.0. The lowest BCUT2D eigenvalue weighted by atomic mass is 10.1. The Kier molecular flexibility index (Phi) is 6.29. The molecule has 2 heterocycles. The number of anilines is 1. The number of halogens is 3. The van der Waals surface area contributed by atoms with E-state index in [1.807, 2.05) is 6.07 Å². The van der Waals surface area contributed by atoms with Gasteiger partial charge < -0.3 is 10.1 Å². The van der Waals surface area contributed by atoms with Gasteiger partial charge in [0.1, 0.15) is 0 Å². The van der Waals surface area contributed by atoms with Gasteiger partial charge in [0.05, 0.1) is 30.7 Å². The van der Waals surface area contributed by atoms with Gasteiger partial charge >= 0.3 is 6.18 Å². The Balaban J connectivity index is 1.59. The van der Waals surface area contributed by atoms with Gasteiger partial charge in [-0.05, 0) is 36.2 Å². The highest BCUT2D eigenvalue weighted by Crippen LogP contribution is 2.34. The van der Waals surface area contributed by atoms with E-state index in [2.05, 4.69) is 15.3 Å². The third-order valence-electron chi connectivity index (χ3n) is 5.32. The summed E-state index contributed by atoms with van der Waals surface area (Å²) in [7, 11) is 0. The standard InChI is InChI=1S/C23H23F3N4O2/c1-16-5-2-3-8-20(16)30-21(23(24,25)26)19(14-27-30)22(31)28-18-7-4-6-17(13-18)15-29-9-11-32-12-10-29/h2-8,13-14H,9-12,15H2,1H3,(H,28,31). The summed E-state index contributed by atoms with van der Waals surface area (Å²) in [6.07, 6.45) is -3.80. The van der Waals surface area contributed by atoms with Crippen molar-refractivity contribution >= 4 is 11.6 Å². The maximum atomic E-state index is 13.9. The van der Waals surface area contributed by atoms with E-state index in [0.29, 0.717) is 31.0 Å². The largest absolute Gasteiger partial charge is 0.434 e. The van der Waals surface area contributed by atoms with Gasteiger partial charge in [-0.3, -0.25) is 9.69 Å². The molecule has 1 saturated heterocycles. The lowest BCUT2D eigenvalue weighted by Gasteiger charge is -2.26. The third kappa shape index (κ3) is 4.84. The molecule has 0 radical (unpaired) electrons. The number of amides is 1. The number of rotatable bonds is 5. The molecule has 4 rings (SSSR count). The molecule has 1 N–H and O–H groups in total. The summed E-state index contributed by atoms with van der Waals surface area (Å²) < 4.78 is 47.9. The first kappa shape index (κ1) is 22.0. The van der Waals surface area contributed by atoms with E-state index < -0.39 is 23.3 Å². The zero-order valence-electron chi connectivity index (χ0n) is 17.5. The fraction of sp³-hybridized carbons (Fsp3) is 0.304. The maximum Gasteiger partial charge on any atom is 0.434 e. The van der Waals surface area contributed by atoms with Gasteiger partial charge in [0.25, 0.3) is 5.91 Å². The van der Waals surface area contributed by atoms with Crippen molar-refractivity contribution < 1.29 is 22.7 Å². The molecule has 3 aromatic rings. The van der Waals surface area contributed by atoms with Gasteiger partial charge in [-0.2, -0.15) is 18.3 Å². The number of carbonyl (C=O) groups excluding carboxylic acids is 1. The van der Waals surface area contributed by atoms with E-state index >= 15 is 0 Å². The molecule has 1 aliphatic heterocycles. The molecule has 6 nitrogen and oxygen atoms in total. The Hall–Kier alpha value is -3.17. The number of ether oxygens (including phenoxy) is 1. The number of nitrogens with zero attached hydrogens (tertiary/aromatic N) is 3. The lowest BCUT2D eigenvalue weighted by Crippen LogP contribution is -2.35. The third-order valence-corrected chi connectivity index (χ3v) is 5.32. The number of hydrogen-bond acceptors (Lipinski definition) is 4. The fourth-order valence-corrected chi connectivity index (χ4v) is 3.73. The molecule has 0 spiro atoms. The zero-order chi connectivity index (χ0) is 22.7. The predicted molar refractivity (Wildman–Crippen MR) is 114 cm³/mol. The number of alkyl halides is 3. The van der Waals surface area contributed by atoms with E-state index in [4.69, 9.17) is 4.74 Å². The molecule has 9 heteroatoms. The fourth-order valence-electron chi connectivity index (χ4n) is 3.73. The Bertz CT molecular complexity index is 1100. The van der Waals surface area contributed by atoms with Gasteiger partial charge in [-0.1, -0.05) is 30.3 Å². The van der Waals surface area contributed by atoms with Crippen molar-refractivity contribution in [3.05, 3.63) is 77.1 Å². The number of aryl methyl sites for hydroxylation is 1. The molecular formula is C23H23F3N4O2. The predicted octanol–water partition coefficient (Wildman–Crippen LogP) is 4.28. The molecule has 0 saturated carbocycles.